The Balaban J connectivity index is 1.91. The van der Waals surface area contributed by atoms with Crippen molar-refractivity contribution in [2.45, 2.75) is 13.5 Å². The summed E-state index contributed by atoms with van der Waals surface area (Å²) in [6, 6.07) is 7.29. The quantitative estimate of drug-likeness (QED) is 0.640. The topological polar surface area (TPSA) is 53.1 Å². The molecule has 31 heavy (non-hydrogen) atoms. The molecular formula is C22H24ClF2N3O3. The number of carbonyl (C=O) groups excluding carboxylic acids is 2. The van der Waals surface area contributed by atoms with Crippen LogP contribution in [0.2, 0.25) is 5.02 Å². The molecule has 0 aliphatic carbocycles. The van der Waals surface area contributed by atoms with E-state index in [1.807, 2.05) is 0 Å². The van der Waals surface area contributed by atoms with E-state index in [-0.39, 0.29) is 34.4 Å². The number of amides is 2. The number of urea groups is 1. The van der Waals surface area contributed by atoms with Gasteiger partial charge in [0.15, 0.2) is 0 Å². The zero-order chi connectivity index (χ0) is 22.5. The number of hydrogen-bond donors (Lipinski definition) is 0. The Kier molecular flexibility index (Phi) is 7.46. The Morgan fingerprint density at radius 2 is 1.81 bits per heavy atom. The van der Waals surface area contributed by atoms with Gasteiger partial charge in [-0.25, -0.2) is 18.4 Å². The van der Waals surface area contributed by atoms with Crippen molar-refractivity contribution in [1.82, 2.24) is 9.80 Å². The van der Waals surface area contributed by atoms with Crippen LogP contribution in [0.25, 0.3) is 0 Å². The van der Waals surface area contributed by atoms with E-state index in [0.717, 1.165) is 31.8 Å². The summed E-state index contributed by atoms with van der Waals surface area (Å²) in [5, 5.41) is 0.0483. The summed E-state index contributed by atoms with van der Waals surface area (Å²) in [5.41, 5.74) is 0.535. The van der Waals surface area contributed by atoms with Crippen molar-refractivity contribution in [2.75, 3.05) is 44.7 Å². The predicted molar refractivity (Wildman–Crippen MR) is 114 cm³/mol. The second-order valence-corrected chi connectivity index (χ2v) is 7.59. The van der Waals surface area contributed by atoms with Crippen LogP contribution in [0.5, 0.6) is 0 Å². The fraction of sp³-hybridized carbons (Fsp3) is 0.364. The van der Waals surface area contributed by atoms with E-state index in [2.05, 4.69) is 16.6 Å². The zero-order valence-electron chi connectivity index (χ0n) is 17.4. The summed E-state index contributed by atoms with van der Waals surface area (Å²) in [7, 11) is 1.21. The molecule has 0 unspecified atom stereocenters. The molecule has 3 rings (SSSR count). The predicted octanol–water partition coefficient (Wildman–Crippen LogP) is 4.17. The van der Waals surface area contributed by atoms with Gasteiger partial charge in [-0.15, -0.1) is 0 Å². The van der Waals surface area contributed by atoms with Crippen LogP contribution in [-0.2, 0) is 11.3 Å². The number of nitrogens with zero attached hydrogens (tertiary/aromatic N) is 3. The zero-order valence-corrected chi connectivity index (χ0v) is 18.2. The highest BCUT2D eigenvalue weighted by atomic mass is 35.5. The van der Waals surface area contributed by atoms with Gasteiger partial charge in [-0.2, -0.15) is 0 Å². The molecule has 1 heterocycles. The molecule has 0 aromatic heterocycles. The second-order valence-electron chi connectivity index (χ2n) is 7.18. The standard InChI is InChI=1S/C22H24ClF2N3O3/c1-3-26-8-10-27(11-9-26)22(30)28(20-7-6-17(24)13-18(20)23)14-16-5-4-15(12-19(16)25)21(29)31-2/h4-7,12-13H,3,8-11,14H2,1-2H3. The number of hydrogen-bond acceptors (Lipinski definition) is 4. The van der Waals surface area contributed by atoms with Gasteiger partial charge < -0.3 is 14.5 Å². The van der Waals surface area contributed by atoms with Crippen LogP contribution >= 0.6 is 11.6 Å². The summed E-state index contributed by atoms with van der Waals surface area (Å²) in [5.74, 6) is -1.85. The maximum Gasteiger partial charge on any atom is 0.337 e. The number of rotatable bonds is 5. The van der Waals surface area contributed by atoms with Gasteiger partial charge in [0, 0.05) is 31.7 Å². The van der Waals surface area contributed by atoms with Crippen molar-refractivity contribution in [1.29, 1.82) is 0 Å². The van der Waals surface area contributed by atoms with E-state index >= 15 is 0 Å². The molecule has 2 aromatic carbocycles. The Bertz CT molecular complexity index is 965. The largest absolute Gasteiger partial charge is 0.465 e. The fourth-order valence-electron chi connectivity index (χ4n) is 3.47. The molecule has 1 fully saturated rings. The third-order valence-corrected chi connectivity index (χ3v) is 5.63. The molecule has 0 spiro atoms. The Morgan fingerprint density at radius 3 is 2.39 bits per heavy atom. The van der Waals surface area contributed by atoms with E-state index in [9.17, 15) is 18.4 Å². The second kappa shape index (κ2) is 10.1. The minimum atomic E-state index is -0.659. The molecular weight excluding hydrogens is 428 g/mol. The molecule has 9 heteroatoms. The van der Waals surface area contributed by atoms with Gasteiger partial charge in [-0.3, -0.25) is 4.90 Å². The summed E-state index contributed by atoms with van der Waals surface area (Å²) >= 11 is 6.23. The van der Waals surface area contributed by atoms with Crippen LogP contribution in [0.15, 0.2) is 36.4 Å². The molecule has 1 aliphatic heterocycles. The lowest BCUT2D eigenvalue weighted by molar-refractivity contribution is 0.0600. The SMILES string of the molecule is CCN1CCN(C(=O)N(Cc2ccc(C(=O)OC)cc2F)c2ccc(F)cc2Cl)CC1. The number of likely N-dealkylation sites (N-methyl/N-ethyl adjacent to an activating group) is 1. The lowest BCUT2D eigenvalue weighted by atomic mass is 10.1. The van der Waals surface area contributed by atoms with Crippen LogP contribution < -0.4 is 4.90 Å². The highest BCUT2D eigenvalue weighted by Gasteiger charge is 2.28. The smallest absolute Gasteiger partial charge is 0.337 e. The van der Waals surface area contributed by atoms with Gasteiger partial charge in [0.05, 0.1) is 29.9 Å². The minimum absolute atomic E-state index is 0.0483. The van der Waals surface area contributed by atoms with Crippen LogP contribution in [0.1, 0.15) is 22.8 Å². The van der Waals surface area contributed by atoms with E-state index in [0.29, 0.717) is 13.1 Å². The van der Waals surface area contributed by atoms with E-state index in [1.165, 1.54) is 36.3 Å². The third kappa shape index (κ3) is 5.32. The van der Waals surface area contributed by atoms with Gasteiger partial charge in [0.25, 0.3) is 0 Å². The number of esters is 1. The number of benzene rings is 2. The van der Waals surface area contributed by atoms with E-state index in [1.54, 1.807) is 4.90 Å². The molecule has 166 valence electrons. The van der Waals surface area contributed by atoms with E-state index in [4.69, 9.17) is 11.6 Å². The molecule has 2 amide bonds. The highest BCUT2D eigenvalue weighted by Crippen LogP contribution is 2.30. The summed E-state index contributed by atoms with van der Waals surface area (Å²) < 4.78 is 32.9. The van der Waals surface area contributed by atoms with Gasteiger partial charge in [0.2, 0.25) is 0 Å². The summed E-state index contributed by atoms with van der Waals surface area (Å²) in [6.07, 6.45) is 0. The molecule has 0 saturated carbocycles. The van der Waals surface area contributed by atoms with Crippen molar-refractivity contribution in [3.63, 3.8) is 0 Å². The molecule has 2 aromatic rings. The number of ether oxygens (including phenoxy) is 1. The number of halogens is 3. The van der Waals surface area contributed by atoms with Gasteiger partial charge in [-0.05, 0) is 36.9 Å². The van der Waals surface area contributed by atoms with Crippen LogP contribution in [-0.4, -0.2) is 61.6 Å². The normalized spacial score (nSPS) is 14.4. The lowest BCUT2D eigenvalue weighted by Crippen LogP contribution is -2.52. The Hall–Kier alpha value is -2.71. The van der Waals surface area contributed by atoms with Crippen LogP contribution in [0, 0.1) is 11.6 Å². The molecule has 1 aliphatic rings. The maximum absolute atomic E-state index is 14.7. The van der Waals surface area contributed by atoms with Crippen LogP contribution in [0.4, 0.5) is 19.3 Å². The van der Waals surface area contributed by atoms with Crippen molar-refractivity contribution in [3.8, 4) is 0 Å². The Labute approximate surface area is 184 Å². The van der Waals surface area contributed by atoms with Gasteiger partial charge >= 0.3 is 12.0 Å². The minimum Gasteiger partial charge on any atom is -0.465 e. The number of piperazine rings is 1. The molecule has 0 bridgehead atoms. The highest BCUT2D eigenvalue weighted by molar-refractivity contribution is 6.33. The van der Waals surface area contributed by atoms with Crippen molar-refractivity contribution < 1.29 is 23.1 Å². The maximum atomic E-state index is 14.7. The monoisotopic (exact) mass is 451 g/mol. The molecule has 0 N–H and O–H groups in total. The summed E-state index contributed by atoms with van der Waals surface area (Å²) in [4.78, 5) is 30.2. The van der Waals surface area contributed by atoms with Crippen LogP contribution in [0.3, 0.4) is 0 Å². The first kappa shape index (κ1) is 23.0. The number of anilines is 1. The van der Waals surface area contributed by atoms with Crippen molar-refractivity contribution >= 4 is 29.3 Å². The summed E-state index contributed by atoms with van der Waals surface area (Å²) in [6.45, 7) is 5.32. The van der Waals surface area contributed by atoms with E-state index < -0.39 is 17.6 Å². The fourth-order valence-corrected chi connectivity index (χ4v) is 3.74. The third-order valence-electron chi connectivity index (χ3n) is 5.32. The lowest BCUT2D eigenvalue weighted by Gasteiger charge is -2.37. The number of methoxy groups -OCH3 is 1. The molecule has 6 nitrogen and oxygen atoms in total. The first-order valence-corrected chi connectivity index (χ1v) is 10.3. The van der Waals surface area contributed by atoms with Gasteiger partial charge in [-0.1, -0.05) is 24.6 Å². The first-order valence-electron chi connectivity index (χ1n) is 9.94. The average molecular weight is 452 g/mol. The first-order chi connectivity index (χ1) is 14.8. The molecule has 0 atom stereocenters. The average Bonchev–Trinajstić information content (AvgIpc) is 2.78. The molecule has 1 saturated heterocycles. The number of carbonyl (C=O) groups is 2. The van der Waals surface area contributed by atoms with Crippen molar-refractivity contribution in [3.05, 3.63) is 64.2 Å². The molecule has 0 radical (unpaired) electrons. The van der Waals surface area contributed by atoms with Gasteiger partial charge in [0.1, 0.15) is 11.6 Å². The van der Waals surface area contributed by atoms with Crippen molar-refractivity contribution in [2.24, 2.45) is 0 Å². The Morgan fingerprint density at radius 1 is 1.10 bits per heavy atom.